The molecule has 4 N–H and O–H groups in total. The zero-order valence-electron chi connectivity index (χ0n) is 16.1. The van der Waals surface area contributed by atoms with E-state index in [0.29, 0.717) is 17.7 Å². The van der Waals surface area contributed by atoms with Gasteiger partial charge in [-0.15, -0.1) is 0 Å². The van der Waals surface area contributed by atoms with Crippen LogP contribution in [0.4, 0.5) is 0 Å². The molecule has 5 heteroatoms. The SMILES string of the molecule is Cc1cc2cc(CC(C)NCC(O)c3ccc(O)c(CO)c3)ccc2n1C. The van der Waals surface area contributed by atoms with E-state index in [2.05, 4.69) is 55.0 Å². The molecule has 0 aliphatic carbocycles. The lowest BCUT2D eigenvalue weighted by atomic mass is 10.0. The number of phenols is 1. The van der Waals surface area contributed by atoms with Crippen LogP contribution >= 0.6 is 0 Å². The minimum absolute atomic E-state index is 0.0429. The van der Waals surface area contributed by atoms with Crippen molar-refractivity contribution in [1.82, 2.24) is 9.88 Å². The van der Waals surface area contributed by atoms with Crippen molar-refractivity contribution in [3.05, 3.63) is 64.8 Å². The molecule has 0 saturated heterocycles. The lowest BCUT2D eigenvalue weighted by Gasteiger charge is -2.18. The highest BCUT2D eigenvalue weighted by Crippen LogP contribution is 2.23. The maximum absolute atomic E-state index is 10.4. The average Bonchev–Trinajstić information content (AvgIpc) is 2.93. The molecule has 0 bridgehead atoms. The Hall–Kier alpha value is -2.34. The molecule has 0 saturated carbocycles. The number of rotatable bonds is 7. The Kier molecular flexibility index (Phi) is 5.85. The van der Waals surface area contributed by atoms with Gasteiger partial charge in [-0.05, 0) is 61.7 Å². The van der Waals surface area contributed by atoms with Gasteiger partial charge in [-0.25, -0.2) is 0 Å². The van der Waals surface area contributed by atoms with Gasteiger partial charge in [0.1, 0.15) is 5.75 Å². The fourth-order valence-corrected chi connectivity index (χ4v) is 3.46. The third kappa shape index (κ3) is 4.33. The quantitative estimate of drug-likeness (QED) is 0.517. The summed E-state index contributed by atoms with van der Waals surface area (Å²) in [6.07, 6.45) is 0.172. The van der Waals surface area contributed by atoms with E-state index in [1.165, 1.54) is 28.2 Å². The fourth-order valence-electron chi connectivity index (χ4n) is 3.46. The van der Waals surface area contributed by atoms with Gasteiger partial charge < -0.3 is 25.2 Å². The van der Waals surface area contributed by atoms with E-state index in [0.717, 1.165) is 6.42 Å². The molecule has 27 heavy (non-hydrogen) atoms. The summed E-state index contributed by atoms with van der Waals surface area (Å²) >= 11 is 0. The Bertz CT molecular complexity index is 933. The molecule has 3 rings (SSSR count). The molecule has 5 nitrogen and oxygen atoms in total. The van der Waals surface area contributed by atoms with Crippen LogP contribution in [0.25, 0.3) is 10.9 Å². The van der Waals surface area contributed by atoms with E-state index < -0.39 is 6.10 Å². The van der Waals surface area contributed by atoms with Gasteiger partial charge in [0.2, 0.25) is 0 Å². The van der Waals surface area contributed by atoms with E-state index in [9.17, 15) is 15.3 Å². The van der Waals surface area contributed by atoms with Crippen molar-refractivity contribution < 1.29 is 15.3 Å². The van der Waals surface area contributed by atoms with Crippen LogP contribution in [-0.4, -0.2) is 32.5 Å². The Morgan fingerprint density at radius 2 is 1.89 bits per heavy atom. The third-order valence-corrected chi connectivity index (χ3v) is 5.21. The summed E-state index contributed by atoms with van der Waals surface area (Å²) in [6.45, 7) is 4.36. The van der Waals surface area contributed by atoms with Gasteiger partial charge in [0.05, 0.1) is 12.7 Å². The first-order valence-electron chi connectivity index (χ1n) is 9.28. The molecule has 3 aromatic rings. The van der Waals surface area contributed by atoms with Gasteiger partial charge in [-0.1, -0.05) is 12.1 Å². The molecule has 0 aliphatic rings. The molecule has 2 unspecified atom stereocenters. The summed E-state index contributed by atoms with van der Waals surface area (Å²) < 4.78 is 2.19. The molecule has 2 atom stereocenters. The summed E-state index contributed by atoms with van der Waals surface area (Å²) in [5.41, 5.74) is 4.84. The van der Waals surface area contributed by atoms with Crippen molar-refractivity contribution in [2.75, 3.05) is 6.54 Å². The molecular formula is C22H28N2O3. The van der Waals surface area contributed by atoms with Crippen molar-refractivity contribution in [1.29, 1.82) is 0 Å². The maximum atomic E-state index is 10.4. The van der Waals surface area contributed by atoms with Gasteiger partial charge in [0, 0.05) is 41.8 Å². The van der Waals surface area contributed by atoms with Crippen LogP contribution in [0.5, 0.6) is 5.75 Å². The Morgan fingerprint density at radius 1 is 1.11 bits per heavy atom. The molecule has 0 spiro atoms. The number of hydrogen-bond donors (Lipinski definition) is 4. The maximum Gasteiger partial charge on any atom is 0.121 e. The zero-order valence-corrected chi connectivity index (χ0v) is 16.1. The number of nitrogens with zero attached hydrogens (tertiary/aromatic N) is 1. The number of aliphatic hydroxyl groups is 2. The topological polar surface area (TPSA) is 77.7 Å². The highest BCUT2D eigenvalue weighted by Gasteiger charge is 2.12. The van der Waals surface area contributed by atoms with Crippen molar-refractivity contribution in [2.45, 2.75) is 39.0 Å². The van der Waals surface area contributed by atoms with Gasteiger partial charge in [0.25, 0.3) is 0 Å². The monoisotopic (exact) mass is 368 g/mol. The zero-order chi connectivity index (χ0) is 19.6. The van der Waals surface area contributed by atoms with Crippen molar-refractivity contribution in [3.63, 3.8) is 0 Å². The molecule has 0 aliphatic heterocycles. The summed E-state index contributed by atoms with van der Waals surface area (Å²) in [7, 11) is 2.08. The first-order valence-corrected chi connectivity index (χ1v) is 9.28. The second-order valence-corrected chi connectivity index (χ2v) is 7.31. The first-order chi connectivity index (χ1) is 12.9. The summed E-state index contributed by atoms with van der Waals surface area (Å²) in [6, 6.07) is 13.8. The van der Waals surface area contributed by atoms with Crippen molar-refractivity contribution >= 4 is 10.9 Å². The largest absolute Gasteiger partial charge is 0.508 e. The molecule has 0 fully saturated rings. The number of nitrogens with one attached hydrogen (secondary N) is 1. The minimum atomic E-state index is -0.697. The molecule has 0 radical (unpaired) electrons. The standard InChI is InChI=1S/C22H28N2O3/c1-14(8-16-4-6-20-18(10-16)9-15(2)24(20)3)23-12-22(27)17-5-7-21(26)19(11-17)13-25/h4-7,9-11,14,22-23,25-27H,8,12-13H2,1-3H3. The van der Waals surface area contributed by atoms with Crippen LogP contribution in [0.1, 0.15) is 35.4 Å². The average molecular weight is 368 g/mol. The molecule has 2 aromatic carbocycles. The Labute approximate surface area is 159 Å². The van der Waals surface area contributed by atoms with Gasteiger partial charge >= 0.3 is 0 Å². The van der Waals surface area contributed by atoms with Crippen LogP contribution in [0.15, 0.2) is 42.5 Å². The highest BCUT2D eigenvalue weighted by molar-refractivity contribution is 5.82. The van der Waals surface area contributed by atoms with Gasteiger partial charge in [-0.3, -0.25) is 0 Å². The van der Waals surface area contributed by atoms with Crippen LogP contribution < -0.4 is 5.32 Å². The van der Waals surface area contributed by atoms with Gasteiger partial charge in [0.15, 0.2) is 0 Å². The molecule has 1 heterocycles. The molecule has 0 amide bonds. The van der Waals surface area contributed by atoms with E-state index in [1.54, 1.807) is 12.1 Å². The lowest BCUT2D eigenvalue weighted by Crippen LogP contribution is -2.32. The third-order valence-electron chi connectivity index (χ3n) is 5.21. The fraction of sp³-hybridized carbons (Fsp3) is 0.364. The predicted molar refractivity (Wildman–Crippen MR) is 108 cm³/mol. The Morgan fingerprint density at radius 3 is 2.63 bits per heavy atom. The van der Waals surface area contributed by atoms with Crippen LogP contribution in [-0.2, 0) is 20.1 Å². The number of benzene rings is 2. The van der Waals surface area contributed by atoms with E-state index in [1.807, 2.05) is 0 Å². The highest BCUT2D eigenvalue weighted by atomic mass is 16.3. The molecule has 1 aromatic heterocycles. The smallest absolute Gasteiger partial charge is 0.121 e. The minimum Gasteiger partial charge on any atom is -0.508 e. The Balaban J connectivity index is 1.60. The van der Waals surface area contributed by atoms with Crippen LogP contribution in [0.2, 0.25) is 0 Å². The molecular weight excluding hydrogens is 340 g/mol. The first kappa shape index (κ1) is 19.4. The number of aromatic hydroxyl groups is 1. The predicted octanol–water partition coefficient (Wildman–Crippen LogP) is 2.94. The van der Waals surface area contributed by atoms with Crippen molar-refractivity contribution in [3.8, 4) is 5.75 Å². The van der Waals surface area contributed by atoms with Crippen molar-refractivity contribution in [2.24, 2.45) is 7.05 Å². The van der Waals surface area contributed by atoms with Crippen LogP contribution in [0, 0.1) is 6.92 Å². The lowest BCUT2D eigenvalue weighted by molar-refractivity contribution is 0.170. The second-order valence-electron chi connectivity index (χ2n) is 7.31. The number of aromatic nitrogens is 1. The number of hydrogen-bond acceptors (Lipinski definition) is 4. The van der Waals surface area contributed by atoms with E-state index >= 15 is 0 Å². The van der Waals surface area contributed by atoms with E-state index in [4.69, 9.17) is 0 Å². The second kappa shape index (κ2) is 8.13. The number of fused-ring (bicyclic) bond motifs is 1. The summed E-state index contributed by atoms with van der Waals surface area (Å²) in [5, 5.41) is 33.9. The molecule has 144 valence electrons. The van der Waals surface area contributed by atoms with Gasteiger partial charge in [-0.2, -0.15) is 0 Å². The number of aliphatic hydroxyl groups excluding tert-OH is 2. The normalized spacial score (nSPS) is 13.8. The van der Waals surface area contributed by atoms with E-state index in [-0.39, 0.29) is 18.4 Å². The summed E-state index contributed by atoms with van der Waals surface area (Å²) in [5.74, 6) is 0.0429. The number of aryl methyl sites for hydroxylation is 2. The summed E-state index contributed by atoms with van der Waals surface area (Å²) in [4.78, 5) is 0. The van der Waals surface area contributed by atoms with Crippen LogP contribution in [0.3, 0.4) is 0 Å².